The minimum atomic E-state index is 0.0351. The summed E-state index contributed by atoms with van der Waals surface area (Å²) in [7, 11) is 4.06. The van der Waals surface area contributed by atoms with E-state index in [0.717, 1.165) is 28.0 Å². The molecule has 1 aromatic rings. The Labute approximate surface area is 108 Å². The van der Waals surface area contributed by atoms with Gasteiger partial charge >= 0.3 is 0 Å². The molecule has 0 spiro atoms. The lowest BCUT2D eigenvalue weighted by Crippen LogP contribution is -2.26. The molecular weight excluding hydrogens is 323 g/mol. The Hall–Kier alpha value is -0.140. The fourth-order valence-electron chi connectivity index (χ4n) is 1.13. The van der Waals surface area contributed by atoms with Gasteiger partial charge in [0.05, 0.1) is 8.45 Å². The summed E-state index contributed by atoms with van der Waals surface area (Å²) < 4.78 is 1.14. The number of nitrogens with one attached hydrogen (secondary N) is 1. The van der Waals surface area contributed by atoms with Crippen molar-refractivity contribution in [1.82, 2.24) is 10.2 Å². The van der Waals surface area contributed by atoms with Crippen LogP contribution in [-0.2, 0) is 0 Å². The van der Waals surface area contributed by atoms with Gasteiger partial charge in [0.2, 0.25) is 0 Å². The minimum Gasteiger partial charge on any atom is -0.352 e. The van der Waals surface area contributed by atoms with Gasteiger partial charge in [-0.25, -0.2) is 0 Å². The zero-order valence-corrected chi connectivity index (χ0v) is 11.9. The molecule has 1 heterocycles. The van der Waals surface area contributed by atoms with Crippen LogP contribution in [0.1, 0.15) is 16.8 Å². The quantitative estimate of drug-likeness (QED) is 0.658. The maximum absolute atomic E-state index is 11.6. The first-order chi connectivity index (χ1) is 7.09. The molecule has 5 heteroatoms. The SMILES string of the molecule is CN(C)CCCNC(=O)c1csc(I)c1. The van der Waals surface area contributed by atoms with Gasteiger partial charge < -0.3 is 10.2 Å². The highest BCUT2D eigenvalue weighted by Crippen LogP contribution is 2.16. The lowest BCUT2D eigenvalue weighted by molar-refractivity contribution is 0.0953. The third kappa shape index (κ3) is 4.94. The molecule has 0 aliphatic carbocycles. The molecule has 0 bridgehead atoms. The van der Waals surface area contributed by atoms with Crippen LogP contribution in [-0.4, -0.2) is 38.0 Å². The second kappa shape index (κ2) is 6.44. The summed E-state index contributed by atoms with van der Waals surface area (Å²) in [4.78, 5) is 13.7. The van der Waals surface area contributed by atoms with E-state index in [-0.39, 0.29) is 5.91 Å². The van der Waals surface area contributed by atoms with E-state index in [0.29, 0.717) is 0 Å². The van der Waals surface area contributed by atoms with Gasteiger partial charge in [-0.1, -0.05) is 0 Å². The average molecular weight is 338 g/mol. The summed E-state index contributed by atoms with van der Waals surface area (Å²) >= 11 is 3.81. The van der Waals surface area contributed by atoms with Crippen LogP contribution in [0.4, 0.5) is 0 Å². The number of rotatable bonds is 5. The number of nitrogens with zero attached hydrogens (tertiary/aromatic N) is 1. The molecular formula is C10H15IN2OS. The average Bonchev–Trinajstić information content (AvgIpc) is 2.59. The van der Waals surface area contributed by atoms with Crippen molar-refractivity contribution in [2.45, 2.75) is 6.42 Å². The molecule has 0 aliphatic heterocycles. The van der Waals surface area contributed by atoms with Crippen molar-refractivity contribution in [3.63, 3.8) is 0 Å². The fraction of sp³-hybridized carbons (Fsp3) is 0.500. The number of hydrogen-bond donors (Lipinski definition) is 1. The Balaban J connectivity index is 2.25. The molecule has 1 amide bonds. The number of amides is 1. The minimum absolute atomic E-state index is 0.0351. The highest BCUT2D eigenvalue weighted by atomic mass is 127. The topological polar surface area (TPSA) is 32.3 Å². The van der Waals surface area contributed by atoms with Crippen molar-refractivity contribution < 1.29 is 4.79 Å². The Kier molecular flexibility index (Phi) is 5.55. The standard InChI is InChI=1S/C10H15IN2OS/c1-13(2)5-3-4-12-10(14)8-6-9(11)15-7-8/h6-7H,3-5H2,1-2H3,(H,12,14). The van der Waals surface area contributed by atoms with E-state index in [4.69, 9.17) is 0 Å². The largest absolute Gasteiger partial charge is 0.352 e. The normalized spacial score (nSPS) is 10.7. The van der Waals surface area contributed by atoms with Gasteiger partial charge in [-0.3, -0.25) is 4.79 Å². The maximum atomic E-state index is 11.6. The molecule has 15 heavy (non-hydrogen) atoms. The molecule has 0 fully saturated rings. The first kappa shape index (κ1) is 12.9. The van der Waals surface area contributed by atoms with Crippen LogP contribution >= 0.6 is 33.9 Å². The van der Waals surface area contributed by atoms with Crippen LogP contribution in [0, 0.1) is 2.88 Å². The molecule has 84 valence electrons. The predicted molar refractivity (Wildman–Crippen MR) is 72.5 cm³/mol. The lowest BCUT2D eigenvalue weighted by Gasteiger charge is -2.09. The van der Waals surface area contributed by atoms with Crippen molar-refractivity contribution in [3.8, 4) is 0 Å². The Bertz CT molecular complexity index is 325. The number of carbonyl (C=O) groups is 1. The van der Waals surface area contributed by atoms with E-state index >= 15 is 0 Å². The van der Waals surface area contributed by atoms with E-state index in [1.54, 1.807) is 11.3 Å². The summed E-state index contributed by atoms with van der Waals surface area (Å²) in [5.41, 5.74) is 0.772. The van der Waals surface area contributed by atoms with Crippen molar-refractivity contribution in [2.24, 2.45) is 0 Å². The summed E-state index contributed by atoms with van der Waals surface area (Å²) in [6, 6.07) is 1.91. The highest BCUT2D eigenvalue weighted by molar-refractivity contribution is 14.1. The molecule has 0 radical (unpaired) electrons. The van der Waals surface area contributed by atoms with Gasteiger partial charge in [0.15, 0.2) is 0 Å². The van der Waals surface area contributed by atoms with Crippen LogP contribution < -0.4 is 5.32 Å². The van der Waals surface area contributed by atoms with E-state index in [1.807, 2.05) is 25.5 Å². The van der Waals surface area contributed by atoms with Gasteiger partial charge in [-0.15, -0.1) is 11.3 Å². The lowest BCUT2D eigenvalue weighted by atomic mass is 10.3. The second-order valence-electron chi connectivity index (χ2n) is 3.55. The van der Waals surface area contributed by atoms with Gasteiger partial charge in [0.1, 0.15) is 0 Å². The summed E-state index contributed by atoms with van der Waals surface area (Å²) in [6.07, 6.45) is 0.986. The molecule has 1 N–H and O–H groups in total. The van der Waals surface area contributed by atoms with Crippen LogP contribution in [0.25, 0.3) is 0 Å². The van der Waals surface area contributed by atoms with Gasteiger partial charge in [0.25, 0.3) is 5.91 Å². The maximum Gasteiger partial charge on any atom is 0.252 e. The van der Waals surface area contributed by atoms with Crippen LogP contribution in [0.3, 0.4) is 0 Å². The Morgan fingerprint density at radius 3 is 2.87 bits per heavy atom. The number of halogens is 1. The molecule has 0 atom stereocenters. The van der Waals surface area contributed by atoms with Gasteiger partial charge in [-0.2, -0.15) is 0 Å². The van der Waals surface area contributed by atoms with Gasteiger partial charge in [-0.05, 0) is 55.7 Å². The monoisotopic (exact) mass is 338 g/mol. The molecule has 0 saturated carbocycles. The van der Waals surface area contributed by atoms with Gasteiger partial charge in [0, 0.05) is 11.9 Å². The van der Waals surface area contributed by atoms with Crippen molar-refractivity contribution >= 4 is 39.8 Å². The van der Waals surface area contributed by atoms with E-state index in [1.165, 1.54) is 0 Å². The van der Waals surface area contributed by atoms with Crippen molar-refractivity contribution in [2.75, 3.05) is 27.2 Å². The summed E-state index contributed by atoms with van der Waals surface area (Å²) in [6.45, 7) is 1.74. The Morgan fingerprint density at radius 1 is 1.60 bits per heavy atom. The molecule has 3 nitrogen and oxygen atoms in total. The zero-order valence-electron chi connectivity index (χ0n) is 8.92. The highest BCUT2D eigenvalue weighted by Gasteiger charge is 2.06. The van der Waals surface area contributed by atoms with E-state index in [2.05, 4.69) is 32.8 Å². The molecule has 0 unspecified atom stereocenters. The first-order valence-corrected chi connectivity index (χ1v) is 6.72. The molecule has 0 aromatic carbocycles. The van der Waals surface area contributed by atoms with E-state index in [9.17, 15) is 4.79 Å². The summed E-state index contributed by atoms with van der Waals surface area (Å²) in [5.74, 6) is 0.0351. The fourth-order valence-corrected chi connectivity index (χ4v) is 2.45. The van der Waals surface area contributed by atoms with Crippen molar-refractivity contribution in [1.29, 1.82) is 0 Å². The third-order valence-electron chi connectivity index (χ3n) is 1.90. The van der Waals surface area contributed by atoms with E-state index < -0.39 is 0 Å². The van der Waals surface area contributed by atoms with Crippen LogP contribution in [0.15, 0.2) is 11.4 Å². The zero-order chi connectivity index (χ0) is 11.3. The van der Waals surface area contributed by atoms with Crippen LogP contribution in [0.5, 0.6) is 0 Å². The second-order valence-corrected chi connectivity index (χ2v) is 6.36. The first-order valence-electron chi connectivity index (χ1n) is 4.76. The van der Waals surface area contributed by atoms with Crippen LogP contribution in [0.2, 0.25) is 0 Å². The summed E-state index contributed by atoms with van der Waals surface area (Å²) in [5, 5.41) is 4.80. The smallest absolute Gasteiger partial charge is 0.252 e. The molecule has 1 aromatic heterocycles. The molecule has 0 aliphatic rings. The Morgan fingerprint density at radius 2 is 2.33 bits per heavy atom. The third-order valence-corrected chi connectivity index (χ3v) is 3.69. The molecule has 1 rings (SSSR count). The number of carbonyl (C=O) groups excluding carboxylic acids is 1. The number of thiophene rings is 1. The number of hydrogen-bond acceptors (Lipinski definition) is 3. The molecule has 0 saturated heterocycles. The van der Waals surface area contributed by atoms with Crippen molar-refractivity contribution in [3.05, 3.63) is 19.9 Å². The predicted octanol–water partition coefficient (Wildman–Crippen LogP) is 2.03.